The van der Waals surface area contributed by atoms with Gasteiger partial charge in [0.05, 0.1) is 24.4 Å². The summed E-state index contributed by atoms with van der Waals surface area (Å²) in [7, 11) is 0. The minimum Gasteiger partial charge on any atom is -0.459 e. The number of hydrogen-bond acceptors (Lipinski definition) is 5. The maximum absolute atomic E-state index is 11.7. The SMILES string of the molecule is CC(C)OCCOC(=O)c1cnc(C2(N)CCC2)[nH]1. The van der Waals surface area contributed by atoms with Gasteiger partial charge in [-0.25, -0.2) is 9.78 Å². The number of hydrogen-bond donors (Lipinski definition) is 2. The zero-order chi connectivity index (χ0) is 13.9. The molecule has 6 nitrogen and oxygen atoms in total. The Hall–Kier alpha value is -1.40. The number of H-pyrrole nitrogens is 1. The smallest absolute Gasteiger partial charge is 0.356 e. The third-order valence-corrected chi connectivity index (χ3v) is 3.28. The fourth-order valence-electron chi connectivity index (χ4n) is 1.97. The summed E-state index contributed by atoms with van der Waals surface area (Å²) in [5.41, 5.74) is 6.08. The molecule has 3 N–H and O–H groups in total. The Morgan fingerprint density at radius 3 is 2.84 bits per heavy atom. The van der Waals surface area contributed by atoms with E-state index in [0.717, 1.165) is 19.3 Å². The number of nitrogens with two attached hydrogens (primary N) is 1. The maximum atomic E-state index is 11.7. The lowest BCUT2D eigenvalue weighted by Crippen LogP contribution is -2.44. The van der Waals surface area contributed by atoms with Crippen LogP contribution in [0.4, 0.5) is 0 Å². The molecule has 1 saturated carbocycles. The largest absolute Gasteiger partial charge is 0.459 e. The number of ether oxygens (including phenoxy) is 2. The summed E-state index contributed by atoms with van der Waals surface area (Å²) in [4.78, 5) is 18.9. The molecule has 0 radical (unpaired) electrons. The van der Waals surface area contributed by atoms with Crippen molar-refractivity contribution in [2.75, 3.05) is 13.2 Å². The fourth-order valence-corrected chi connectivity index (χ4v) is 1.97. The van der Waals surface area contributed by atoms with Crippen molar-refractivity contribution in [1.29, 1.82) is 0 Å². The van der Waals surface area contributed by atoms with Crippen LogP contribution in [0.3, 0.4) is 0 Å². The van der Waals surface area contributed by atoms with Gasteiger partial charge >= 0.3 is 5.97 Å². The molecule has 0 saturated heterocycles. The molecule has 19 heavy (non-hydrogen) atoms. The summed E-state index contributed by atoms with van der Waals surface area (Å²) in [5, 5.41) is 0. The number of aromatic amines is 1. The molecule has 1 heterocycles. The lowest BCUT2D eigenvalue weighted by Gasteiger charge is -2.35. The van der Waals surface area contributed by atoms with Crippen LogP contribution in [-0.2, 0) is 15.0 Å². The van der Waals surface area contributed by atoms with Crippen molar-refractivity contribution < 1.29 is 14.3 Å². The molecule has 106 valence electrons. The summed E-state index contributed by atoms with van der Waals surface area (Å²) in [6.45, 7) is 4.50. The van der Waals surface area contributed by atoms with Crippen molar-refractivity contribution in [3.8, 4) is 0 Å². The number of aromatic nitrogens is 2. The van der Waals surface area contributed by atoms with Crippen LogP contribution in [0.15, 0.2) is 6.20 Å². The number of rotatable bonds is 6. The minimum atomic E-state index is -0.422. The molecule has 0 unspecified atom stereocenters. The third-order valence-electron chi connectivity index (χ3n) is 3.28. The highest BCUT2D eigenvalue weighted by molar-refractivity contribution is 5.87. The molecule has 0 amide bonds. The van der Waals surface area contributed by atoms with Crippen LogP contribution in [0, 0.1) is 0 Å². The van der Waals surface area contributed by atoms with Crippen LogP contribution in [0.2, 0.25) is 0 Å². The Labute approximate surface area is 112 Å². The standard InChI is InChI=1S/C13H21N3O3/c1-9(2)18-6-7-19-11(17)10-8-15-12(16-10)13(14)4-3-5-13/h8-9H,3-7,14H2,1-2H3,(H,15,16). The lowest BCUT2D eigenvalue weighted by atomic mass is 9.77. The molecular weight excluding hydrogens is 246 g/mol. The second-order valence-corrected chi connectivity index (χ2v) is 5.21. The topological polar surface area (TPSA) is 90.2 Å². The van der Waals surface area contributed by atoms with Crippen LogP contribution in [0.1, 0.15) is 49.4 Å². The van der Waals surface area contributed by atoms with Gasteiger partial charge in [-0.2, -0.15) is 0 Å². The van der Waals surface area contributed by atoms with Gasteiger partial charge < -0.3 is 20.2 Å². The van der Waals surface area contributed by atoms with Gasteiger partial charge in [-0.1, -0.05) is 0 Å². The molecule has 0 atom stereocenters. The van der Waals surface area contributed by atoms with Gasteiger partial charge in [0.25, 0.3) is 0 Å². The van der Waals surface area contributed by atoms with Gasteiger partial charge in [-0.05, 0) is 33.1 Å². The first-order valence-electron chi connectivity index (χ1n) is 6.64. The first-order valence-corrected chi connectivity index (χ1v) is 6.64. The summed E-state index contributed by atoms with van der Waals surface area (Å²) < 4.78 is 10.4. The predicted molar refractivity (Wildman–Crippen MR) is 69.7 cm³/mol. The Bertz CT molecular complexity index is 438. The summed E-state index contributed by atoms with van der Waals surface area (Å²) >= 11 is 0. The Balaban J connectivity index is 1.83. The van der Waals surface area contributed by atoms with E-state index in [2.05, 4.69) is 9.97 Å². The van der Waals surface area contributed by atoms with Crippen molar-refractivity contribution in [3.05, 3.63) is 17.7 Å². The highest BCUT2D eigenvalue weighted by atomic mass is 16.6. The van der Waals surface area contributed by atoms with Crippen LogP contribution >= 0.6 is 0 Å². The van der Waals surface area contributed by atoms with Crippen LogP contribution in [-0.4, -0.2) is 35.3 Å². The molecule has 0 aliphatic heterocycles. The van der Waals surface area contributed by atoms with Crippen molar-refractivity contribution in [2.45, 2.75) is 44.8 Å². The molecule has 0 aromatic carbocycles. The zero-order valence-corrected chi connectivity index (χ0v) is 11.4. The molecule has 1 aromatic rings. The highest BCUT2D eigenvalue weighted by Crippen LogP contribution is 2.36. The Morgan fingerprint density at radius 1 is 1.53 bits per heavy atom. The predicted octanol–water partition coefficient (Wildman–Crippen LogP) is 1.33. The van der Waals surface area contributed by atoms with Crippen LogP contribution in [0.5, 0.6) is 0 Å². The van der Waals surface area contributed by atoms with E-state index >= 15 is 0 Å². The molecule has 1 fully saturated rings. The molecule has 1 aliphatic rings. The van der Waals surface area contributed by atoms with Gasteiger partial charge in [0.15, 0.2) is 0 Å². The molecule has 0 spiro atoms. The summed E-state index contributed by atoms with van der Waals surface area (Å²) in [6, 6.07) is 0. The zero-order valence-electron chi connectivity index (χ0n) is 11.4. The summed E-state index contributed by atoms with van der Waals surface area (Å²) in [5.74, 6) is 0.248. The van der Waals surface area contributed by atoms with Crippen molar-refractivity contribution in [3.63, 3.8) is 0 Å². The number of carbonyl (C=O) groups excluding carboxylic acids is 1. The Morgan fingerprint density at radius 2 is 2.26 bits per heavy atom. The van der Waals surface area contributed by atoms with Crippen molar-refractivity contribution >= 4 is 5.97 Å². The van der Waals surface area contributed by atoms with Gasteiger partial charge in [0.2, 0.25) is 0 Å². The number of imidazole rings is 1. The van der Waals surface area contributed by atoms with Gasteiger partial charge in [-0.3, -0.25) is 0 Å². The average molecular weight is 267 g/mol. The van der Waals surface area contributed by atoms with E-state index in [0.29, 0.717) is 18.1 Å². The first-order chi connectivity index (χ1) is 9.01. The summed E-state index contributed by atoms with van der Waals surface area (Å²) in [6.07, 6.45) is 4.51. The van der Waals surface area contributed by atoms with E-state index in [4.69, 9.17) is 15.2 Å². The van der Waals surface area contributed by atoms with Gasteiger partial charge in [-0.15, -0.1) is 0 Å². The number of nitrogens with zero attached hydrogens (tertiary/aromatic N) is 1. The molecule has 1 aliphatic carbocycles. The molecule has 2 rings (SSSR count). The second-order valence-electron chi connectivity index (χ2n) is 5.21. The van der Waals surface area contributed by atoms with E-state index in [1.807, 2.05) is 13.8 Å². The average Bonchev–Trinajstić information content (AvgIpc) is 2.81. The number of esters is 1. The van der Waals surface area contributed by atoms with Gasteiger partial charge in [0, 0.05) is 0 Å². The van der Waals surface area contributed by atoms with Crippen LogP contribution < -0.4 is 5.73 Å². The quantitative estimate of drug-likeness (QED) is 0.599. The maximum Gasteiger partial charge on any atom is 0.356 e. The van der Waals surface area contributed by atoms with E-state index in [9.17, 15) is 4.79 Å². The lowest BCUT2D eigenvalue weighted by molar-refractivity contribution is 0.0172. The fraction of sp³-hybridized carbons (Fsp3) is 0.692. The van der Waals surface area contributed by atoms with E-state index < -0.39 is 5.97 Å². The second kappa shape index (κ2) is 5.71. The molecular formula is C13H21N3O3. The molecule has 0 bridgehead atoms. The molecule has 6 heteroatoms. The van der Waals surface area contributed by atoms with E-state index in [-0.39, 0.29) is 18.2 Å². The molecule has 1 aromatic heterocycles. The monoisotopic (exact) mass is 267 g/mol. The third kappa shape index (κ3) is 3.33. The Kier molecular flexibility index (Phi) is 4.21. The van der Waals surface area contributed by atoms with Crippen LogP contribution in [0.25, 0.3) is 0 Å². The van der Waals surface area contributed by atoms with Gasteiger partial charge in [0.1, 0.15) is 18.1 Å². The number of carbonyl (C=O) groups is 1. The number of nitrogens with one attached hydrogen (secondary N) is 1. The van der Waals surface area contributed by atoms with E-state index in [1.165, 1.54) is 6.20 Å². The normalized spacial score (nSPS) is 17.3. The first kappa shape index (κ1) is 14.0. The van der Waals surface area contributed by atoms with E-state index in [1.54, 1.807) is 0 Å². The highest BCUT2D eigenvalue weighted by Gasteiger charge is 2.37. The van der Waals surface area contributed by atoms with Crippen molar-refractivity contribution in [2.24, 2.45) is 5.73 Å². The van der Waals surface area contributed by atoms with Crippen molar-refractivity contribution in [1.82, 2.24) is 9.97 Å². The minimum absolute atomic E-state index is 0.133.